The third-order valence-corrected chi connectivity index (χ3v) is 10.7. The Kier molecular flexibility index (Phi) is 14.9. The largest absolute Gasteiger partial charge is 0.446 e. The molecule has 0 aliphatic rings. The van der Waals surface area contributed by atoms with E-state index in [0.29, 0.717) is 33.6 Å². The summed E-state index contributed by atoms with van der Waals surface area (Å²) in [5, 5.41) is 27.4. The fourth-order valence-electron chi connectivity index (χ4n) is 4.61. The van der Waals surface area contributed by atoms with Gasteiger partial charge in [-0.2, -0.15) is 85.2 Å². The number of hydrogen-bond donors (Lipinski definition) is 2. The molecule has 316 valence electrons. The molecule has 0 bridgehead atoms. The number of alkyl halides is 12. The normalized spacial score (nSPS) is 12.3. The molecule has 2 aromatic carbocycles. The number of aromatic nitrogens is 4. The number of hydrogen-bond acceptors (Lipinski definition) is 9. The average Bonchev–Trinajstić information content (AvgIpc) is 3.57. The quantitative estimate of drug-likeness (QED) is 0.0806. The number of halogens is 16. The topological polar surface area (TPSA) is 141 Å². The van der Waals surface area contributed by atoms with E-state index in [-0.39, 0.29) is 11.5 Å². The van der Waals surface area contributed by atoms with Crippen molar-refractivity contribution in [2.75, 3.05) is 22.1 Å². The van der Waals surface area contributed by atoms with E-state index in [0.717, 1.165) is 11.8 Å². The van der Waals surface area contributed by atoms with Gasteiger partial charge in [0.2, 0.25) is 11.8 Å². The first-order valence-electron chi connectivity index (χ1n) is 15.0. The van der Waals surface area contributed by atoms with Crippen LogP contribution >= 0.6 is 81.7 Å². The van der Waals surface area contributed by atoms with Crippen LogP contribution in [0.1, 0.15) is 35.4 Å². The summed E-state index contributed by atoms with van der Waals surface area (Å²) in [6.45, 7) is 0. The maximum atomic E-state index is 13.5. The number of carbonyl (C=O) groups excluding carboxylic acids is 2. The molecule has 0 fully saturated rings. The molecule has 59 heavy (non-hydrogen) atoms. The van der Waals surface area contributed by atoms with E-state index in [2.05, 4.69) is 20.8 Å². The van der Waals surface area contributed by atoms with Gasteiger partial charge in [-0.3, -0.25) is 9.59 Å². The number of carbonyl (C=O) groups is 2. The van der Waals surface area contributed by atoms with Crippen LogP contribution in [-0.2, 0) is 21.9 Å². The molecule has 2 N–H and O–H groups in total. The summed E-state index contributed by atoms with van der Waals surface area (Å²) in [5.74, 6) is -4.13. The molecule has 0 spiro atoms. The van der Waals surface area contributed by atoms with Gasteiger partial charge in [-0.05, 0) is 47.8 Å². The number of amides is 2. The Balaban J connectivity index is 1.52. The lowest BCUT2D eigenvalue weighted by Crippen LogP contribution is -2.18. The summed E-state index contributed by atoms with van der Waals surface area (Å²) in [4.78, 5) is 24.0. The van der Waals surface area contributed by atoms with Crippen LogP contribution in [0, 0.1) is 22.7 Å². The lowest BCUT2D eigenvalue weighted by Gasteiger charge is -2.16. The highest BCUT2D eigenvalue weighted by atomic mass is 35.5. The lowest BCUT2D eigenvalue weighted by atomic mass is 10.2. The molecule has 0 saturated carbocycles. The Morgan fingerprint density at radius 2 is 0.915 bits per heavy atom. The average molecular weight is 984 g/mol. The summed E-state index contributed by atoms with van der Waals surface area (Å²) in [7, 11) is 0. The Hall–Kier alpha value is -3.85. The fourth-order valence-corrected chi connectivity index (χ4v) is 8.06. The molecule has 10 nitrogen and oxygen atoms in total. The highest BCUT2D eigenvalue weighted by molar-refractivity contribution is 8.00. The van der Waals surface area contributed by atoms with Gasteiger partial charge >= 0.3 is 23.4 Å². The van der Waals surface area contributed by atoms with Crippen LogP contribution in [0.3, 0.4) is 0 Å². The van der Waals surface area contributed by atoms with Crippen molar-refractivity contribution in [3.63, 3.8) is 0 Å². The smallest absolute Gasteiger partial charge is 0.310 e. The van der Waals surface area contributed by atoms with Crippen LogP contribution in [-0.4, -0.2) is 53.9 Å². The number of thioether (sulfide) groups is 3. The maximum absolute atomic E-state index is 13.5. The maximum Gasteiger partial charge on any atom is 0.446 e. The van der Waals surface area contributed by atoms with E-state index in [1.165, 1.54) is 12.1 Å². The van der Waals surface area contributed by atoms with E-state index in [4.69, 9.17) is 46.4 Å². The van der Waals surface area contributed by atoms with Gasteiger partial charge in [0.1, 0.15) is 23.5 Å². The number of benzene rings is 2. The second kappa shape index (κ2) is 18.4. The lowest BCUT2D eigenvalue weighted by molar-refractivity contribution is -0.138. The summed E-state index contributed by atoms with van der Waals surface area (Å²) in [5.41, 5.74) is -15.9. The number of anilines is 2. The second-order valence-corrected chi connectivity index (χ2v) is 16.0. The van der Waals surface area contributed by atoms with Crippen molar-refractivity contribution in [2.45, 2.75) is 46.0 Å². The van der Waals surface area contributed by atoms with Crippen molar-refractivity contribution in [3.05, 3.63) is 66.9 Å². The molecule has 29 heteroatoms. The molecule has 2 aromatic heterocycles. The first-order chi connectivity index (χ1) is 27.1. The van der Waals surface area contributed by atoms with Gasteiger partial charge in [0, 0.05) is 24.3 Å². The minimum Gasteiger partial charge on any atom is -0.310 e. The van der Waals surface area contributed by atoms with Gasteiger partial charge < -0.3 is 10.6 Å². The molecule has 0 saturated heterocycles. The van der Waals surface area contributed by atoms with E-state index < -0.39 is 147 Å². The Bertz CT molecular complexity index is 2160. The Morgan fingerprint density at radius 3 is 1.17 bits per heavy atom. The molecular formula is C30H14Cl4F12N8O2S3. The second-order valence-electron chi connectivity index (χ2n) is 11.0. The zero-order valence-corrected chi connectivity index (χ0v) is 33.4. The van der Waals surface area contributed by atoms with E-state index in [1.54, 1.807) is 0 Å². The molecule has 2 amide bonds. The number of rotatable bonds is 12. The Labute approximate surface area is 354 Å². The molecule has 2 heterocycles. The van der Waals surface area contributed by atoms with Gasteiger partial charge in [-0.15, -0.1) is 0 Å². The summed E-state index contributed by atoms with van der Waals surface area (Å²) < 4.78 is 162. The van der Waals surface area contributed by atoms with Crippen LogP contribution in [0.25, 0.3) is 11.4 Å². The van der Waals surface area contributed by atoms with Gasteiger partial charge in [0.15, 0.2) is 23.0 Å². The molecule has 0 aliphatic carbocycles. The van der Waals surface area contributed by atoms with Crippen LogP contribution < -0.4 is 10.6 Å². The highest BCUT2D eigenvalue weighted by Gasteiger charge is 2.39. The first kappa shape index (κ1) is 47.8. The SMILES string of the molecule is N#Cc1nn(-c2c(Cl)cc(C(F)(F)F)cc2Cl)c(NC(=O)CCSCCC(=O)Nc2c(SC(F)(F)F)c(C#N)nn2-c2c(Cl)cc(C(F)(F)F)cc2Cl)c1SC(F)(F)F. The monoisotopic (exact) mass is 982 g/mol. The standard InChI is InChI=1S/C30H14Cl4F12N8O2S3/c31-13-5-11(27(35,36)37)6-14(32)21(13)53-25(23(17(9-47)51-53)58-29(41,42)43)49-19(55)1-3-57-4-2-20(56)50-26-24(59-30(44,45)46)18(10-48)52-54(26)22-15(33)7-12(8-16(22)34)28(38,39)40/h5-8H,1-4H2,(H,49,55)(H,50,56). The zero-order valence-electron chi connectivity index (χ0n) is 27.9. The van der Waals surface area contributed by atoms with E-state index >= 15 is 0 Å². The van der Waals surface area contributed by atoms with Crippen LogP contribution in [0.4, 0.5) is 64.3 Å². The van der Waals surface area contributed by atoms with Gasteiger partial charge in [0.05, 0.1) is 41.0 Å². The third-order valence-electron chi connectivity index (χ3n) is 6.91. The highest BCUT2D eigenvalue weighted by Crippen LogP contribution is 2.47. The molecule has 4 rings (SSSR count). The van der Waals surface area contributed by atoms with Crippen molar-refractivity contribution < 1.29 is 62.3 Å². The van der Waals surface area contributed by atoms with Gasteiger partial charge in [-0.25, -0.2) is 9.36 Å². The fraction of sp³-hybridized carbons (Fsp3) is 0.267. The number of nitrogens with one attached hydrogen (secondary N) is 2. The zero-order chi connectivity index (χ0) is 44.4. The molecule has 4 aromatic rings. The minimum atomic E-state index is -5.07. The van der Waals surface area contributed by atoms with Gasteiger partial charge in [0.25, 0.3) is 0 Å². The van der Waals surface area contributed by atoms with E-state index in [1.807, 2.05) is 0 Å². The van der Waals surface area contributed by atoms with Crippen molar-refractivity contribution in [3.8, 4) is 23.5 Å². The summed E-state index contributed by atoms with van der Waals surface area (Å²) in [6.07, 6.45) is -11.0. The van der Waals surface area contributed by atoms with Gasteiger partial charge in [-0.1, -0.05) is 46.4 Å². The Morgan fingerprint density at radius 1 is 0.610 bits per heavy atom. The van der Waals surface area contributed by atoms with Crippen molar-refractivity contribution in [2.24, 2.45) is 0 Å². The molecule has 0 atom stereocenters. The van der Waals surface area contributed by atoms with Crippen molar-refractivity contribution in [1.82, 2.24) is 19.6 Å². The molecular weight excluding hydrogens is 970 g/mol. The van der Waals surface area contributed by atoms with E-state index in [9.17, 15) is 72.8 Å². The predicted molar refractivity (Wildman–Crippen MR) is 194 cm³/mol. The first-order valence-corrected chi connectivity index (χ1v) is 19.3. The number of nitriles is 2. The van der Waals surface area contributed by atoms with Crippen molar-refractivity contribution in [1.29, 1.82) is 10.5 Å². The summed E-state index contributed by atoms with van der Waals surface area (Å²) >= 11 is 23.1. The molecule has 0 unspecified atom stereocenters. The van der Waals surface area contributed by atoms with Crippen molar-refractivity contribution >= 4 is 105 Å². The van der Waals surface area contributed by atoms with Crippen LogP contribution in [0.5, 0.6) is 0 Å². The van der Waals surface area contributed by atoms with Crippen LogP contribution in [0.2, 0.25) is 20.1 Å². The predicted octanol–water partition coefficient (Wildman–Crippen LogP) is 11.8. The molecule has 0 aliphatic heterocycles. The summed E-state index contributed by atoms with van der Waals surface area (Å²) in [6, 6.07) is 4.31. The van der Waals surface area contributed by atoms with Crippen LogP contribution in [0.15, 0.2) is 34.1 Å². The number of nitrogens with zero attached hydrogens (tertiary/aromatic N) is 6. The minimum absolute atomic E-state index is 0.190. The molecule has 0 radical (unpaired) electrons. The third kappa shape index (κ3) is 12.1.